The predicted octanol–water partition coefficient (Wildman–Crippen LogP) is 22.0. The molecule has 0 fully saturated rings. The van der Waals surface area contributed by atoms with Gasteiger partial charge in [-0.3, -0.25) is 14.4 Å². The molecule has 3 radical (unpaired) electrons. The fourth-order valence-electron chi connectivity index (χ4n) is 10.8. The number of furan rings is 3. The molecule has 6 aromatic heterocycles. The van der Waals surface area contributed by atoms with Crippen LogP contribution in [0, 0.1) is 72.5 Å². The number of ketones is 3. The largest absolute Gasteiger partial charge is 0.512 e. The van der Waals surface area contributed by atoms with Crippen LogP contribution in [0.1, 0.15) is 80.5 Å². The van der Waals surface area contributed by atoms with Crippen LogP contribution in [-0.4, -0.2) is 47.6 Å². The molecule has 0 aliphatic carbocycles. The second-order valence-corrected chi connectivity index (χ2v) is 23.8. The van der Waals surface area contributed by atoms with Gasteiger partial charge >= 0.3 is 0 Å². The molecule has 13 rings (SSSR count). The normalized spacial score (nSPS) is 10.9. The average Bonchev–Trinajstić information content (AvgIpc) is 1.63. The van der Waals surface area contributed by atoms with Crippen molar-refractivity contribution in [2.24, 2.45) is 0 Å². The van der Waals surface area contributed by atoms with Crippen molar-refractivity contribution >= 4 is 50.3 Å². The molecular formula is C85H77FIr3N3O9-3. The van der Waals surface area contributed by atoms with Crippen molar-refractivity contribution in [2.75, 3.05) is 0 Å². The van der Waals surface area contributed by atoms with Gasteiger partial charge in [-0.15, -0.1) is 105 Å². The first kappa shape index (κ1) is 81.8. The second kappa shape index (κ2) is 38.6. The SMILES string of the molecule is CC(=O)C=C(C)O.CC(=O)C=C(C)O.CC(=O)C=C(C)O.Cc1[c-]c(-c2cc3c(-c4ccccc4)c(-c4ccccc4)oc3cn2)cc(C)c1.Cc1[c-]c(-c2cc3c(C)c(-c4ccccc4)oc3cn2)cc(C)c1.Cc1[c-]c(-c2cc3cc(-c4ccc(F)cc4)oc3cn2)cc(C)c1.[Ir].[Ir].[Ir]. The molecule has 7 aromatic carbocycles. The summed E-state index contributed by atoms with van der Waals surface area (Å²) in [5.74, 6) is 2.04. The Bertz CT molecular complexity index is 4920. The van der Waals surface area contributed by atoms with Crippen LogP contribution in [-0.2, 0) is 74.7 Å². The van der Waals surface area contributed by atoms with Crippen LogP contribution in [0.15, 0.2) is 243 Å². The molecular weight excluding hydrogens is 1800 g/mol. The zero-order valence-corrected chi connectivity index (χ0v) is 65.4. The molecule has 523 valence electrons. The molecule has 13 aromatic rings. The molecule has 0 spiro atoms. The van der Waals surface area contributed by atoms with E-state index in [1.807, 2.05) is 73.9 Å². The van der Waals surface area contributed by atoms with E-state index in [4.69, 9.17) is 28.6 Å². The number of halogens is 1. The van der Waals surface area contributed by atoms with Gasteiger partial charge in [0, 0.05) is 123 Å². The molecule has 0 aliphatic heterocycles. The summed E-state index contributed by atoms with van der Waals surface area (Å²) in [6.45, 7) is 23.1. The van der Waals surface area contributed by atoms with E-state index in [9.17, 15) is 18.8 Å². The summed E-state index contributed by atoms with van der Waals surface area (Å²) in [6.07, 6.45) is 8.87. The third-order valence-electron chi connectivity index (χ3n) is 14.6. The van der Waals surface area contributed by atoms with Gasteiger partial charge in [-0.1, -0.05) is 151 Å². The Labute approximate surface area is 629 Å². The first-order chi connectivity index (χ1) is 46.8. The number of allylic oxidation sites excluding steroid dienone is 6. The summed E-state index contributed by atoms with van der Waals surface area (Å²) in [4.78, 5) is 43.8. The number of carbonyl (C=O) groups is 3. The summed E-state index contributed by atoms with van der Waals surface area (Å²) in [6, 6.07) is 68.1. The summed E-state index contributed by atoms with van der Waals surface area (Å²) in [5.41, 5.74) is 21.3. The Morgan fingerprint density at radius 1 is 0.396 bits per heavy atom. The Kier molecular flexibility index (Phi) is 31.3. The van der Waals surface area contributed by atoms with Crippen molar-refractivity contribution in [1.29, 1.82) is 0 Å². The zero-order chi connectivity index (χ0) is 70.7. The fraction of sp³-hybridized carbons (Fsp3) is 0.153. The van der Waals surface area contributed by atoms with Gasteiger partial charge in [-0.2, -0.15) is 0 Å². The molecule has 0 bridgehead atoms. The van der Waals surface area contributed by atoms with E-state index < -0.39 is 0 Å². The molecule has 3 N–H and O–H groups in total. The third-order valence-corrected chi connectivity index (χ3v) is 14.6. The molecule has 12 nitrogen and oxygen atoms in total. The van der Waals surface area contributed by atoms with Crippen molar-refractivity contribution in [1.82, 2.24) is 15.0 Å². The zero-order valence-electron chi connectivity index (χ0n) is 58.2. The molecule has 0 atom stereocenters. The predicted molar refractivity (Wildman–Crippen MR) is 391 cm³/mol. The first-order valence-electron chi connectivity index (χ1n) is 31.6. The van der Waals surface area contributed by atoms with Crippen LogP contribution >= 0.6 is 0 Å². The smallest absolute Gasteiger partial charge is 0.155 e. The van der Waals surface area contributed by atoms with E-state index in [2.05, 4.69) is 172 Å². The van der Waals surface area contributed by atoms with Gasteiger partial charge in [0.2, 0.25) is 0 Å². The van der Waals surface area contributed by atoms with E-state index in [0.717, 1.165) is 123 Å². The molecule has 101 heavy (non-hydrogen) atoms. The van der Waals surface area contributed by atoms with Crippen LogP contribution in [0.25, 0.3) is 112 Å². The Balaban J connectivity index is 0.000000236. The van der Waals surface area contributed by atoms with Crippen molar-refractivity contribution < 1.29 is 108 Å². The number of aliphatic hydroxyl groups is 3. The van der Waals surface area contributed by atoms with Crippen molar-refractivity contribution in [3.8, 4) is 78.9 Å². The molecule has 0 aliphatic rings. The number of nitrogens with zero attached hydrogens (tertiary/aromatic N) is 3. The molecule has 0 saturated heterocycles. The minimum absolute atomic E-state index is 0. The summed E-state index contributed by atoms with van der Waals surface area (Å²) in [7, 11) is 0. The third kappa shape index (κ3) is 23.9. The fourth-order valence-corrected chi connectivity index (χ4v) is 10.8. The summed E-state index contributed by atoms with van der Waals surface area (Å²) >= 11 is 0. The monoisotopic (exact) mass is 1880 g/mol. The maximum atomic E-state index is 13.1. The van der Waals surface area contributed by atoms with Gasteiger partial charge in [-0.25, -0.2) is 4.39 Å². The topological polar surface area (TPSA) is 190 Å². The number of aliphatic hydroxyl groups excluding tert-OH is 3. The van der Waals surface area contributed by atoms with Crippen LogP contribution in [0.3, 0.4) is 0 Å². The number of rotatable bonds is 10. The summed E-state index contributed by atoms with van der Waals surface area (Å²) < 4.78 is 31.3. The Hall–Kier alpha value is -9.88. The molecule has 0 saturated carbocycles. The van der Waals surface area contributed by atoms with Gasteiger partial charge in [0.1, 0.15) is 23.1 Å². The van der Waals surface area contributed by atoms with E-state index in [0.29, 0.717) is 11.3 Å². The number of benzene rings is 7. The summed E-state index contributed by atoms with van der Waals surface area (Å²) in [5, 5.41) is 28.2. The Morgan fingerprint density at radius 2 is 0.752 bits per heavy atom. The van der Waals surface area contributed by atoms with Gasteiger partial charge in [-0.05, 0) is 101 Å². The second-order valence-electron chi connectivity index (χ2n) is 23.8. The first-order valence-corrected chi connectivity index (χ1v) is 31.6. The van der Waals surface area contributed by atoms with E-state index in [1.165, 1.54) is 88.6 Å². The molecule has 16 heteroatoms. The van der Waals surface area contributed by atoms with Crippen molar-refractivity contribution in [3.05, 3.63) is 293 Å². The van der Waals surface area contributed by atoms with E-state index >= 15 is 0 Å². The number of fused-ring (bicyclic) bond motifs is 3. The van der Waals surface area contributed by atoms with Gasteiger partial charge in [0.15, 0.2) is 34.1 Å². The van der Waals surface area contributed by atoms with Crippen LogP contribution in [0.5, 0.6) is 0 Å². The number of aromatic nitrogens is 3. The number of aryl methyl sites for hydroxylation is 7. The average molecular weight is 1880 g/mol. The number of pyridine rings is 3. The van der Waals surface area contributed by atoms with Gasteiger partial charge in [0.05, 0.1) is 35.9 Å². The number of hydrogen-bond acceptors (Lipinski definition) is 12. The standard InChI is InChI=1S/C27H20NO.C22H18NO.C21H15FNO.3C5H8O2.3Ir/c1-18-13-19(2)15-22(14-18)24-16-23-25(17-28-24)29-27(21-11-7-4-8-12-21)26(23)20-9-5-3-6-10-20;1-14-9-15(2)11-18(10-14)20-12-19-16(3)22(24-21(19)13-23-20)17-7-5-4-6-8-17;1-13-7-14(2)9-16(8-13)19-10-17-11-20(24-21(17)12-23-19)15-3-5-18(22)6-4-15;3*1-4(6)3-5(2)7;;;/h3-14,16-17H,1-2H3;4-10,12-13H,1-3H3;3-8,10-12H,1-2H3;3*3,6H,1-2H3;;;/q3*-1;;;;;;. The van der Waals surface area contributed by atoms with Crippen LogP contribution < -0.4 is 0 Å². The van der Waals surface area contributed by atoms with Crippen molar-refractivity contribution in [3.63, 3.8) is 0 Å². The number of hydrogen-bond donors (Lipinski definition) is 3. The quantitative estimate of drug-likeness (QED) is 0.0668. The minimum Gasteiger partial charge on any atom is -0.512 e. The molecule has 6 heterocycles. The maximum absolute atomic E-state index is 13.1. The van der Waals surface area contributed by atoms with Crippen LogP contribution in [0.2, 0.25) is 0 Å². The minimum atomic E-state index is -0.260. The van der Waals surface area contributed by atoms with Gasteiger partial charge < -0.3 is 43.5 Å². The van der Waals surface area contributed by atoms with Crippen LogP contribution in [0.4, 0.5) is 4.39 Å². The molecule has 0 unspecified atom stereocenters. The van der Waals surface area contributed by atoms with Crippen molar-refractivity contribution in [2.45, 2.75) is 90.0 Å². The van der Waals surface area contributed by atoms with E-state index in [-0.39, 0.29) is 101 Å². The molecule has 0 amide bonds. The Morgan fingerprint density at radius 3 is 1.14 bits per heavy atom. The van der Waals surface area contributed by atoms with Gasteiger partial charge in [0.25, 0.3) is 0 Å². The maximum Gasteiger partial charge on any atom is 0.155 e. The van der Waals surface area contributed by atoms with E-state index in [1.54, 1.807) is 18.3 Å². The number of carbonyl (C=O) groups excluding carboxylic acids is 3.